The number of anilines is 1. The highest BCUT2D eigenvalue weighted by atomic mass is 32.2. The molecule has 2 aromatic heterocycles. The number of fused-ring (bicyclic) bond motifs is 1. The minimum absolute atomic E-state index is 0.00928. The Morgan fingerprint density at radius 2 is 1.97 bits per heavy atom. The molecule has 1 aliphatic heterocycles. The van der Waals surface area contributed by atoms with Crippen molar-refractivity contribution in [3.63, 3.8) is 0 Å². The third kappa shape index (κ3) is 5.17. The predicted molar refractivity (Wildman–Crippen MR) is 131 cm³/mol. The molecule has 0 saturated carbocycles. The number of nitrogens with zero attached hydrogens (tertiary/aromatic N) is 5. The van der Waals surface area contributed by atoms with Crippen molar-refractivity contribution in [2.45, 2.75) is 26.2 Å². The van der Waals surface area contributed by atoms with Gasteiger partial charge < -0.3 is 14.0 Å². The van der Waals surface area contributed by atoms with E-state index in [2.05, 4.69) is 20.8 Å². The molecule has 37 heavy (non-hydrogen) atoms. The fourth-order valence-corrected chi connectivity index (χ4v) is 5.72. The molecule has 4 aromatic rings. The van der Waals surface area contributed by atoms with Crippen LogP contribution in [-0.4, -0.2) is 41.9 Å². The molecule has 0 spiro atoms. The van der Waals surface area contributed by atoms with Gasteiger partial charge in [0.2, 0.25) is 10.0 Å². The molecule has 2 aromatic carbocycles. The molecule has 12 heteroatoms. The molecule has 1 aliphatic rings. The molecule has 1 fully saturated rings. The van der Waals surface area contributed by atoms with Crippen molar-refractivity contribution in [1.82, 2.24) is 14.5 Å². The molecule has 190 valence electrons. The smallest absolute Gasteiger partial charge is 0.387 e. The standard InChI is InChI=1S/C25H21F2N5O4S/c26-25(27)36-22-5-2-1-4-18(22)15-31-21-12-17(14-28)6-7-20(21)30-24(31)16-35-19-8-9-29-23(13-19)32-10-3-11-37(32,33)34/h1-2,4-9,12-13,25H,3,10-11,15-16H2. The van der Waals surface area contributed by atoms with E-state index in [0.29, 0.717) is 46.7 Å². The summed E-state index contributed by atoms with van der Waals surface area (Å²) in [5.74, 6) is 1.26. The number of ether oxygens (including phenoxy) is 2. The fourth-order valence-electron chi connectivity index (χ4n) is 4.22. The number of halogens is 2. The van der Waals surface area contributed by atoms with Gasteiger partial charge in [0.25, 0.3) is 0 Å². The summed E-state index contributed by atoms with van der Waals surface area (Å²) in [4.78, 5) is 8.80. The van der Waals surface area contributed by atoms with E-state index in [1.807, 2.05) is 0 Å². The Morgan fingerprint density at radius 3 is 2.73 bits per heavy atom. The Labute approximate surface area is 211 Å². The van der Waals surface area contributed by atoms with Gasteiger partial charge in [-0.1, -0.05) is 18.2 Å². The van der Waals surface area contributed by atoms with Crippen LogP contribution >= 0.6 is 0 Å². The molecule has 0 N–H and O–H groups in total. The van der Waals surface area contributed by atoms with E-state index in [4.69, 9.17) is 4.74 Å². The van der Waals surface area contributed by atoms with Crippen LogP contribution in [0.2, 0.25) is 0 Å². The zero-order valence-corrected chi connectivity index (χ0v) is 20.2. The van der Waals surface area contributed by atoms with Crippen LogP contribution in [0, 0.1) is 11.3 Å². The maximum Gasteiger partial charge on any atom is 0.387 e. The predicted octanol–water partition coefficient (Wildman–Crippen LogP) is 4.07. The molecular weight excluding hydrogens is 504 g/mol. The Hall–Kier alpha value is -4.24. The number of aromatic nitrogens is 3. The molecular formula is C25H21F2N5O4S. The molecule has 3 heterocycles. The summed E-state index contributed by atoms with van der Waals surface area (Å²) in [7, 11) is -3.39. The number of alkyl halides is 2. The van der Waals surface area contributed by atoms with E-state index in [0.717, 1.165) is 0 Å². The van der Waals surface area contributed by atoms with E-state index >= 15 is 0 Å². The number of benzene rings is 2. The lowest BCUT2D eigenvalue weighted by Crippen LogP contribution is -2.25. The van der Waals surface area contributed by atoms with E-state index in [1.54, 1.807) is 53.1 Å². The maximum absolute atomic E-state index is 13.0. The van der Waals surface area contributed by atoms with Crippen LogP contribution in [0.5, 0.6) is 11.5 Å². The summed E-state index contributed by atoms with van der Waals surface area (Å²) in [5, 5.41) is 9.37. The Kier molecular flexibility index (Phi) is 6.62. The highest BCUT2D eigenvalue weighted by molar-refractivity contribution is 7.93. The zero-order chi connectivity index (χ0) is 26.0. The van der Waals surface area contributed by atoms with Crippen LogP contribution in [0.1, 0.15) is 23.4 Å². The Morgan fingerprint density at radius 1 is 1.14 bits per heavy atom. The monoisotopic (exact) mass is 525 g/mol. The quantitative estimate of drug-likeness (QED) is 0.341. The number of para-hydroxylation sites is 1. The normalized spacial score (nSPS) is 14.7. The first-order valence-corrected chi connectivity index (χ1v) is 13.0. The van der Waals surface area contributed by atoms with Gasteiger partial charge in [-0.15, -0.1) is 0 Å². The van der Waals surface area contributed by atoms with E-state index in [1.165, 1.54) is 16.6 Å². The van der Waals surface area contributed by atoms with E-state index in [-0.39, 0.29) is 30.5 Å². The number of hydrogen-bond acceptors (Lipinski definition) is 7. The molecule has 5 rings (SSSR count). The van der Waals surface area contributed by atoms with Crippen LogP contribution < -0.4 is 13.8 Å². The van der Waals surface area contributed by atoms with Gasteiger partial charge in [-0.2, -0.15) is 14.0 Å². The lowest BCUT2D eigenvalue weighted by atomic mass is 10.2. The van der Waals surface area contributed by atoms with E-state index in [9.17, 15) is 22.5 Å². The van der Waals surface area contributed by atoms with Crippen molar-refractivity contribution in [2.24, 2.45) is 0 Å². The van der Waals surface area contributed by atoms with Crippen molar-refractivity contribution in [1.29, 1.82) is 5.26 Å². The van der Waals surface area contributed by atoms with Gasteiger partial charge in [-0.25, -0.2) is 18.4 Å². The lowest BCUT2D eigenvalue weighted by molar-refractivity contribution is -0.0504. The van der Waals surface area contributed by atoms with Crippen LogP contribution in [0.15, 0.2) is 60.8 Å². The molecule has 0 atom stereocenters. The molecule has 0 aliphatic carbocycles. The largest absolute Gasteiger partial charge is 0.485 e. The average Bonchev–Trinajstić information content (AvgIpc) is 3.42. The molecule has 1 saturated heterocycles. The van der Waals surface area contributed by atoms with Gasteiger partial charge in [-0.3, -0.25) is 4.31 Å². The first-order chi connectivity index (χ1) is 17.8. The second kappa shape index (κ2) is 10.0. The van der Waals surface area contributed by atoms with Gasteiger partial charge in [0.05, 0.1) is 35.0 Å². The van der Waals surface area contributed by atoms with E-state index < -0.39 is 16.6 Å². The summed E-state index contributed by atoms with van der Waals surface area (Å²) >= 11 is 0. The summed E-state index contributed by atoms with van der Waals surface area (Å²) in [6, 6.07) is 16.7. The number of sulfonamides is 1. The minimum atomic E-state index is -3.39. The van der Waals surface area contributed by atoms with Crippen molar-refractivity contribution in [3.05, 3.63) is 77.7 Å². The first kappa shape index (κ1) is 24.5. The lowest BCUT2D eigenvalue weighted by Gasteiger charge is -2.17. The van der Waals surface area contributed by atoms with Crippen LogP contribution in [-0.2, 0) is 23.2 Å². The number of rotatable bonds is 8. The Balaban J connectivity index is 1.47. The third-order valence-corrected chi connectivity index (χ3v) is 7.76. The third-order valence-electron chi connectivity index (χ3n) is 5.91. The second-order valence-corrected chi connectivity index (χ2v) is 10.3. The van der Waals surface area contributed by atoms with Gasteiger partial charge in [-0.05, 0) is 36.8 Å². The second-order valence-electron chi connectivity index (χ2n) is 8.30. The molecule has 0 amide bonds. The zero-order valence-electron chi connectivity index (χ0n) is 19.4. The SMILES string of the molecule is N#Cc1ccc2nc(COc3ccnc(N4CCCS4(=O)=O)c3)n(Cc3ccccc3OC(F)F)c2c1. The maximum atomic E-state index is 13.0. The average molecular weight is 526 g/mol. The van der Waals surface area contributed by atoms with Crippen molar-refractivity contribution in [2.75, 3.05) is 16.6 Å². The number of hydrogen-bond donors (Lipinski definition) is 0. The molecule has 0 unspecified atom stereocenters. The van der Waals surface area contributed by atoms with Gasteiger partial charge in [0, 0.05) is 24.4 Å². The molecule has 0 radical (unpaired) electrons. The van der Waals surface area contributed by atoms with Gasteiger partial charge in [0.1, 0.15) is 29.7 Å². The van der Waals surface area contributed by atoms with Crippen molar-refractivity contribution in [3.8, 4) is 17.6 Å². The summed E-state index contributed by atoms with van der Waals surface area (Å²) in [5.41, 5.74) is 2.14. The summed E-state index contributed by atoms with van der Waals surface area (Å²) in [6.45, 7) is -2.49. The molecule has 0 bridgehead atoms. The fraction of sp³-hybridized carbons (Fsp3) is 0.240. The highest BCUT2D eigenvalue weighted by Crippen LogP contribution is 2.28. The van der Waals surface area contributed by atoms with Crippen molar-refractivity contribution >= 4 is 26.9 Å². The molecule has 9 nitrogen and oxygen atoms in total. The van der Waals surface area contributed by atoms with Crippen molar-refractivity contribution < 1.29 is 26.7 Å². The number of imidazole rings is 1. The van der Waals surface area contributed by atoms with Gasteiger partial charge >= 0.3 is 6.61 Å². The highest BCUT2D eigenvalue weighted by Gasteiger charge is 2.29. The first-order valence-electron chi connectivity index (χ1n) is 11.4. The number of pyridine rings is 1. The topological polar surface area (TPSA) is 110 Å². The van der Waals surface area contributed by atoms with Crippen LogP contribution in [0.25, 0.3) is 11.0 Å². The number of nitriles is 1. The van der Waals surface area contributed by atoms with Crippen LogP contribution in [0.4, 0.5) is 14.6 Å². The van der Waals surface area contributed by atoms with Gasteiger partial charge in [0.15, 0.2) is 0 Å². The Bertz CT molecular complexity index is 1600. The van der Waals surface area contributed by atoms with Crippen LogP contribution in [0.3, 0.4) is 0 Å². The minimum Gasteiger partial charge on any atom is -0.485 e. The summed E-state index contributed by atoms with van der Waals surface area (Å²) in [6.07, 6.45) is 2.00. The summed E-state index contributed by atoms with van der Waals surface area (Å²) < 4.78 is 64.2.